The summed E-state index contributed by atoms with van der Waals surface area (Å²) in [6.07, 6.45) is 11.5. The second-order valence-electron chi connectivity index (χ2n) is 7.38. The second kappa shape index (κ2) is 22.4. The highest BCUT2D eigenvalue weighted by Gasteiger charge is 2.29. The van der Waals surface area contributed by atoms with E-state index in [1.54, 1.807) is 0 Å². The van der Waals surface area contributed by atoms with Crippen molar-refractivity contribution in [3.8, 4) is 0 Å². The van der Waals surface area contributed by atoms with Gasteiger partial charge in [0.1, 0.15) is 24.4 Å². The molecule has 0 heterocycles. The Balaban J connectivity index is 0. The number of hydrogen-bond acceptors (Lipinski definition) is 7. The standard InChI is InChI=1S/C16H30O2.C6H12O6/c1-2-3-4-5-6-7-8-9-10-11-12-13-14-15-16(17)18;7-1-3(9)5(11)6(12)4(10)2-8/h7-8H,2-6,9-15H2,1H3,(H,17,18);1,3-6,8-12H,2H2/b8-7-;/t;3-,4+,5+,6+/m.0/s1. The van der Waals surface area contributed by atoms with Gasteiger partial charge in [-0.3, -0.25) is 4.79 Å². The van der Waals surface area contributed by atoms with E-state index in [9.17, 15) is 9.59 Å². The van der Waals surface area contributed by atoms with Gasteiger partial charge in [0.05, 0.1) is 6.61 Å². The summed E-state index contributed by atoms with van der Waals surface area (Å²) >= 11 is 0. The Hall–Kier alpha value is -1.32. The van der Waals surface area contributed by atoms with Gasteiger partial charge in [-0.2, -0.15) is 0 Å². The lowest BCUT2D eigenvalue weighted by molar-refractivity contribution is -0.137. The molecule has 0 aliphatic rings. The second-order valence-corrected chi connectivity index (χ2v) is 7.38. The van der Waals surface area contributed by atoms with E-state index in [2.05, 4.69) is 19.1 Å². The highest BCUT2D eigenvalue weighted by molar-refractivity contribution is 5.66. The highest BCUT2D eigenvalue weighted by Crippen LogP contribution is 2.08. The number of aldehydes is 1. The van der Waals surface area contributed by atoms with Crippen molar-refractivity contribution >= 4 is 12.3 Å². The van der Waals surface area contributed by atoms with Gasteiger partial charge >= 0.3 is 5.97 Å². The first kappa shape index (κ1) is 30.9. The Morgan fingerprint density at radius 1 is 0.800 bits per heavy atom. The van der Waals surface area contributed by atoms with Crippen LogP contribution in [-0.4, -0.2) is 73.9 Å². The molecule has 0 aromatic heterocycles. The number of unbranched alkanes of at least 4 members (excludes halogenated alkanes) is 9. The van der Waals surface area contributed by atoms with Gasteiger partial charge in [-0.15, -0.1) is 0 Å². The number of aliphatic carboxylic acids is 1. The van der Waals surface area contributed by atoms with Crippen LogP contribution in [0.3, 0.4) is 0 Å². The van der Waals surface area contributed by atoms with Crippen molar-refractivity contribution in [2.75, 3.05) is 6.61 Å². The Labute approximate surface area is 180 Å². The average molecular weight is 435 g/mol. The van der Waals surface area contributed by atoms with E-state index in [-0.39, 0.29) is 6.29 Å². The molecule has 0 saturated carbocycles. The smallest absolute Gasteiger partial charge is 0.303 e. The molecule has 0 aliphatic heterocycles. The van der Waals surface area contributed by atoms with E-state index >= 15 is 0 Å². The van der Waals surface area contributed by atoms with Gasteiger partial charge in [0.15, 0.2) is 6.29 Å². The van der Waals surface area contributed by atoms with Crippen molar-refractivity contribution in [3.05, 3.63) is 12.2 Å². The number of hydrogen-bond donors (Lipinski definition) is 6. The fourth-order valence-corrected chi connectivity index (χ4v) is 2.61. The summed E-state index contributed by atoms with van der Waals surface area (Å²) in [6.45, 7) is 1.48. The van der Waals surface area contributed by atoms with Crippen LogP contribution in [0.4, 0.5) is 0 Å². The molecule has 6 N–H and O–H groups in total. The first-order valence-corrected chi connectivity index (χ1v) is 11.0. The normalized spacial score (nSPS) is 15.1. The summed E-state index contributed by atoms with van der Waals surface area (Å²) in [5.41, 5.74) is 0. The lowest BCUT2D eigenvalue weighted by atomic mass is 10.0. The minimum absolute atomic E-state index is 0.0258. The van der Waals surface area contributed by atoms with Gasteiger partial charge in [-0.1, -0.05) is 57.6 Å². The third-order valence-electron chi connectivity index (χ3n) is 4.57. The molecular formula is C22H42O8. The van der Waals surface area contributed by atoms with Crippen molar-refractivity contribution in [1.29, 1.82) is 0 Å². The molecule has 0 aromatic carbocycles. The molecule has 0 spiro atoms. The van der Waals surface area contributed by atoms with Crippen molar-refractivity contribution in [1.82, 2.24) is 0 Å². The van der Waals surface area contributed by atoms with Gasteiger partial charge in [-0.05, 0) is 32.1 Å². The number of carboxylic acid groups (broad SMARTS) is 1. The third kappa shape index (κ3) is 20.0. The lowest BCUT2D eigenvalue weighted by Gasteiger charge is -2.22. The Bertz CT molecular complexity index is 427. The summed E-state index contributed by atoms with van der Waals surface area (Å²) < 4.78 is 0. The van der Waals surface area contributed by atoms with Crippen LogP contribution in [0, 0.1) is 0 Å². The van der Waals surface area contributed by atoms with E-state index in [4.69, 9.17) is 30.6 Å². The van der Waals surface area contributed by atoms with Gasteiger partial charge in [-0.25, -0.2) is 0 Å². The Kier molecular flexibility index (Phi) is 23.0. The Morgan fingerprint density at radius 3 is 1.77 bits per heavy atom. The van der Waals surface area contributed by atoms with E-state index in [0.717, 1.165) is 12.8 Å². The van der Waals surface area contributed by atoms with Crippen molar-refractivity contribution in [2.45, 2.75) is 108 Å². The Morgan fingerprint density at radius 2 is 1.30 bits per heavy atom. The van der Waals surface area contributed by atoms with Crippen molar-refractivity contribution < 1.29 is 40.2 Å². The number of allylic oxidation sites excluding steroid dienone is 2. The molecule has 0 rings (SSSR count). The summed E-state index contributed by atoms with van der Waals surface area (Å²) in [4.78, 5) is 20.2. The maximum absolute atomic E-state index is 10.3. The predicted octanol–water partition coefficient (Wildman–Crippen LogP) is 1.95. The molecule has 0 aliphatic carbocycles. The van der Waals surface area contributed by atoms with E-state index in [1.807, 2.05) is 0 Å². The SMILES string of the molecule is CCCCCC/C=C\CCCCCCCC(=O)O.O=C[C@H](O)[C@@H](O)[C@H](O)[C@H](O)CO. The fraction of sp³-hybridized carbons (Fsp3) is 0.818. The molecule has 8 nitrogen and oxygen atoms in total. The van der Waals surface area contributed by atoms with E-state index in [0.29, 0.717) is 6.42 Å². The molecule has 0 unspecified atom stereocenters. The van der Waals surface area contributed by atoms with Crippen LogP contribution >= 0.6 is 0 Å². The van der Waals surface area contributed by atoms with Gasteiger partial charge in [0, 0.05) is 6.42 Å². The molecule has 0 radical (unpaired) electrons. The molecule has 4 atom stereocenters. The molecule has 0 saturated heterocycles. The zero-order chi connectivity index (χ0) is 23.2. The zero-order valence-corrected chi connectivity index (χ0v) is 18.2. The van der Waals surface area contributed by atoms with Crippen LogP contribution < -0.4 is 0 Å². The fourth-order valence-electron chi connectivity index (χ4n) is 2.61. The van der Waals surface area contributed by atoms with E-state index in [1.165, 1.54) is 57.8 Å². The average Bonchev–Trinajstić information content (AvgIpc) is 2.74. The van der Waals surface area contributed by atoms with Crippen LogP contribution in [0.5, 0.6) is 0 Å². The van der Waals surface area contributed by atoms with Crippen LogP contribution in [-0.2, 0) is 9.59 Å². The van der Waals surface area contributed by atoms with Crippen LogP contribution in [0.2, 0.25) is 0 Å². The van der Waals surface area contributed by atoms with Gasteiger partial charge < -0.3 is 35.4 Å². The highest BCUT2D eigenvalue weighted by atomic mass is 16.4. The number of carbonyl (C=O) groups excluding carboxylic acids is 1. The third-order valence-corrected chi connectivity index (χ3v) is 4.57. The summed E-state index contributed by atoms with van der Waals surface area (Å²) in [6, 6.07) is 0. The molecule has 0 bridgehead atoms. The van der Waals surface area contributed by atoms with Gasteiger partial charge in [0.2, 0.25) is 0 Å². The molecule has 0 fully saturated rings. The molecule has 0 aromatic rings. The quantitative estimate of drug-likeness (QED) is 0.109. The lowest BCUT2D eigenvalue weighted by Crippen LogP contribution is -2.46. The van der Waals surface area contributed by atoms with Crippen LogP contribution in [0.25, 0.3) is 0 Å². The maximum atomic E-state index is 10.3. The topological polar surface area (TPSA) is 156 Å². The first-order valence-electron chi connectivity index (χ1n) is 11.0. The van der Waals surface area contributed by atoms with Crippen molar-refractivity contribution in [3.63, 3.8) is 0 Å². The summed E-state index contributed by atoms with van der Waals surface area (Å²) in [5, 5.41) is 52.0. The summed E-state index contributed by atoms with van der Waals surface area (Å²) in [7, 11) is 0. The maximum Gasteiger partial charge on any atom is 0.303 e. The number of aliphatic hydroxyl groups excluding tert-OH is 5. The molecule has 8 heteroatoms. The summed E-state index contributed by atoms with van der Waals surface area (Å²) in [5.74, 6) is -0.666. The van der Waals surface area contributed by atoms with Crippen molar-refractivity contribution in [2.24, 2.45) is 0 Å². The predicted molar refractivity (Wildman–Crippen MR) is 115 cm³/mol. The molecule has 0 amide bonds. The molecule has 178 valence electrons. The number of rotatable bonds is 18. The largest absolute Gasteiger partial charge is 0.481 e. The molecular weight excluding hydrogens is 392 g/mol. The minimum atomic E-state index is -1.79. The monoisotopic (exact) mass is 434 g/mol. The molecule has 30 heavy (non-hydrogen) atoms. The zero-order valence-electron chi connectivity index (χ0n) is 18.2. The first-order chi connectivity index (χ1) is 14.3. The number of carboxylic acids is 1. The van der Waals surface area contributed by atoms with Crippen LogP contribution in [0.15, 0.2) is 12.2 Å². The number of carbonyl (C=O) groups is 2. The van der Waals surface area contributed by atoms with Crippen LogP contribution in [0.1, 0.15) is 84.0 Å². The van der Waals surface area contributed by atoms with E-state index < -0.39 is 37.0 Å². The van der Waals surface area contributed by atoms with Gasteiger partial charge in [0.25, 0.3) is 0 Å². The minimum Gasteiger partial charge on any atom is -0.481 e. The number of aliphatic hydroxyl groups is 5.